The van der Waals surface area contributed by atoms with Crippen molar-refractivity contribution in [2.75, 3.05) is 0 Å². The molecule has 0 aliphatic rings. The van der Waals surface area contributed by atoms with E-state index in [9.17, 15) is 0 Å². The number of nitrogens with two attached hydrogens (primary N) is 1. The predicted octanol–water partition coefficient (Wildman–Crippen LogP) is 5.71. The maximum absolute atomic E-state index is 6.29. The van der Waals surface area contributed by atoms with Crippen molar-refractivity contribution >= 4 is 27.5 Å². The van der Waals surface area contributed by atoms with E-state index < -0.39 is 0 Å². The Kier molecular flexibility index (Phi) is 7.28. The monoisotopic (exact) mass is 331 g/mol. The van der Waals surface area contributed by atoms with Crippen LogP contribution in [0.25, 0.3) is 0 Å². The Labute approximate surface area is 124 Å². The summed E-state index contributed by atoms with van der Waals surface area (Å²) in [5, 5.41) is 0.740. The summed E-state index contributed by atoms with van der Waals surface area (Å²) >= 11 is 9.51. The van der Waals surface area contributed by atoms with Crippen LogP contribution in [0.5, 0.6) is 0 Å². The molecule has 0 bridgehead atoms. The first-order chi connectivity index (χ1) is 8.58. The van der Waals surface area contributed by atoms with E-state index in [0.717, 1.165) is 27.4 Å². The van der Waals surface area contributed by atoms with E-state index in [0.29, 0.717) is 0 Å². The number of unbranched alkanes of at least 4 members (excludes halogenated alkanes) is 1. The predicted molar refractivity (Wildman–Crippen MR) is 84.0 cm³/mol. The van der Waals surface area contributed by atoms with Crippen LogP contribution < -0.4 is 5.73 Å². The maximum Gasteiger partial charge on any atom is 0.0551 e. The maximum atomic E-state index is 6.29. The van der Waals surface area contributed by atoms with Crippen molar-refractivity contribution in [3.63, 3.8) is 0 Å². The molecule has 0 radical (unpaired) electrons. The fraction of sp³-hybridized carbons (Fsp3) is 0.600. The summed E-state index contributed by atoms with van der Waals surface area (Å²) in [6, 6.07) is 6.11. The Morgan fingerprint density at radius 2 is 2.06 bits per heavy atom. The summed E-state index contributed by atoms with van der Waals surface area (Å²) in [7, 11) is 0. The molecule has 2 atom stereocenters. The molecule has 0 saturated carbocycles. The van der Waals surface area contributed by atoms with Gasteiger partial charge in [0.25, 0.3) is 0 Å². The minimum absolute atomic E-state index is 0.0948. The van der Waals surface area contributed by atoms with Gasteiger partial charge in [-0.3, -0.25) is 0 Å². The summed E-state index contributed by atoms with van der Waals surface area (Å²) in [6.07, 6.45) is 6.10. The zero-order valence-electron chi connectivity index (χ0n) is 11.3. The molecule has 3 heteroatoms. The van der Waals surface area contributed by atoms with E-state index in [2.05, 4.69) is 35.8 Å². The molecule has 2 N–H and O–H groups in total. The molecule has 102 valence electrons. The first-order valence-corrected chi connectivity index (χ1v) is 7.96. The normalized spacial score (nSPS) is 14.5. The van der Waals surface area contributed by atoms with Gasteiger partial charge in [-0.15, -0.1) is 0 Å². The van der Waals surface area contributed by atoms with Crippen molar-refractivity contribution < 1.29 is 0 Å². The van der Waals surface area contributed by atoms with Gasteiger partial charge in [0.2, 0.25) is 0 Å². The van der Waals surface area contributed by atoms with Crippen molar-refractivity contribution in [1.82, 2.24) is 0 Å². The average molecular weight is 333 g/mol. The molecule has 2 unspecified atom stereocenters. The number of hydrogen-bond donors (Lipinski definition) is 1. The van der Waals surface area contributed by atoms with Gasteiger partial charge in [0, 0.05) is 10.5 Å². The van der Waals surface area contributed by atoms with Crippen LogP contribution >= 0.6 is 27.5 Å². The van der Waals surface area contributed by atoms with Gasteiger partial charge in [-0.1, -0.05) is 57.2 Å². The Morgan fingerprint density at radius 3 is 2.61 bits per heavy atom. The van der Waals surface area contributed by atoms with Crippen LogP contribution in [0.4, 0.5) is 0 Å². The topological polar surface area (TPSA) is 26.0 Å². The van der Waals surface area contributed by atoms with Crippen LogP contribution in [0.15, 0.2) is 22.7 Å². The van der Waals surface area contributed by atoms with Crippen molar-refractivity contribution in [1.29, 1.82) is 0 Å². The lowest BCUT2D eigenvalue weighted by Gasteiger charge is -2.20. The second-order valence-corrected chi connectivity index (χ2v) is 6.19. The highest BCUT2D eigenvalue weighted by Gasteiger charge is 2.14. The Morgan fingerprint density at radius 1 is 1.33 bits per heavy atom. The fourth-order valence-electron chi connectivity index (χ4n) is 2.22. The average Bonchev–Trinajstić information content (AvgIpc) is 2.37. The van der Waals surface area contributed by atoms with Crippen molar-refractivity contribution in [3.8, 4) is 0 Å². The van der Waals surface area contributed by atoms with Gasteiger partial charge in [0.1, 0.15) is 0 Å². The minimum Gasteiger partial charge on any atom is -0.324 e. The number of rotatable bonds is 7. The van der Waals surface area contributed by atoms with Gasteiger partial charge in [0.05, 0.1) is 5.02 Å². The van der Waals surface area contributed by atoms with Gasteiger partial charge in [0.15, 0.2) is 0 Å². The van der Waals surface area contributed by atoms with E-state index >= 15 is 0 Å². The first-order valence-electron chi connectivity index (χ1n) is 6.79. The Bertz CT molecular complexity index is 368. The molecule has 1 nitrogen and oxygen atoms in total. The van der Waals surface area contributed by atoms with E-state index in [4.69, 9.17) is 17.3 Å². The minimum atomic E-state index is 0.0948. The quantitative estimate of drug-likeness (QED) is 0.680. The molecule has 0 aliphatic carbocycles. The van der Waals surface area contributed by atoms with Crippen LogP contribution in [0.2, 0.25) is 5.02 Å². The second-order valence-electron chi connectivity index (χ2n) is 4.93. The number of hydrogen-bond acceptors (Lipinski definition) is 1. The molecular weight excluding hydrogens is 310 g/mol. The molecule has 0 amide bonds. The smallest absolute Gasteiger partial charge is 0.0551 e. The summed E-state index contributed by atoms with van der Waals surface area (Å²) < 4.78 is 0.929. The highest BCUT2D eigenvalue weighted by atomic mass is 79.9. The van der Waals surface area contributed by atoms with Gasteiger partial charge >= 0.3 is 0 Å². The molecule has 0 saturated heterocycles. The molecule has 1 aromatic rings. The molecule has 0 aromatic heterocycles. The fourth-order valence-corrected chi connectivity index (χ4v) is 2.66. The zero-order chi connectivity index (χ0) is 13.5. The molecular formula is C15H23BrClN. The van der Waals surface area contributed by atoms with Crippen LogP contribution in [0.1, 0.15) is 57.6 Å². The third-order valence-electron chi connectivity index (χ3n) is 3.50. The molecule has 1 aromatic carbocycles. The molecule has 0 heterocycles. The number of halogens is 2. The summed E-state index contributed by atoms with van der Waals surface area (Å²) in [6.45, 7) is 4.49. The number of benzene rings is 1. The second kappa shape index (κ2) is 8.19. The standard InChI is InChI=1S/C15H23BrClN/c1-3-5-6-11(4-2)9-15(18)12-7-8-13(16)14(17)10-12/h7-8,10-11,15H,3-6,9,18H2,1-2H3. The highest BCUT2D eigenvalue weighted by Crippen LogP contribution is 2.29. The van der Waals surface area contributed by atoms with E-state index in [1.165, 1.54) is 25.7 Å². The first kappa shape index (κ1) is 16.0. The van der Waals surface area contributed by atoms with E-state index in [1.54, 1.807) is 0 Å². The molecule has 0 aliphatic heterocycles. The van der Waals surface area contributed by atoms with Crippen LogP contribution in [-0.2, 0) is 0 Å². The summed E-state index contributed by atoms with van der Waals surface area (Å²) in [5.74, 6) is 0.724. The van der Waals surface area contributed by atoms with Gasteiger partial charge < -0.3 is 5.73 Å². The lowest BCUT2D eigenvalue weighted by molar-refractivity contribution is 0.388. The van der Waals surface area contributed by atoms with E-state index in [-0.39, 0.29) is 6.04 Å². The van der Waals surface area contributed by atoms with Crippen LogP contribution in [0.3, 0.4) is 0 Å². The Balaban J connectivity index is 2.62. The molecule has 18 heavy (non-hydrogen) atoms. The van der Waals surface area contributed by atoms with Crippen LogP contribution in [0, 0.1) is 5.92 Å². The van der Waals surface area contributed by atoms with Crippen molar-refractivity contribution in [2.24, 2.45) is 11.7 Å². The zero-order valence-corrected chi connectivity index (χ0v) is 13.6. The van der Waals surface area contributed by atoms with Crippen molar-refractivity contribution in [3.05, 3.63) is 33.3 Å². The van der Waals surface area contributed by atoms with E-state index in [1.807, 2.05) is 12.1 Å². The molecule has 0 spiro atoms. The molecule has 0 fully saturated rings. The summed E-state index contributed by atoms with van der Waals surface area (Å²) in [4.78, 5) is 0. The third-order valence-corrected chi connectivity index (χ3v) is 4.73. The van der Waals surface area contributed by atoms with Crippen molar-refractivity contribution in [2.45, 2.75) is 52.0 Å². The largest absolute Gasteiger partial charge is 0.324 e. The molecule has 1 rings (SSSR count). The van der Waals surface area contributed by atoms with Crippen LogP contribution in [-0.4, -0.2) is 0 Å². The summed E-state index contributed by atoms with van der Waals surface area (Å²) in [5.41, 5.74) is 7.43. The SMILES string of the molecule is CCCCC(CC)CC(N)c1ccc(Br)c(Cl)c1. The lowest BCUT2D eigenvalue weighted by Crippen LogP contribution is -2.15. The highest BCUT2D eigenvalue weighted by molar-refractivity contribution is 9.10. The van der Waals surface area contributed by atoms with Gasteiger partial charge in [-0.25, -0.2) is 0 Å². The lowest BCUT2D eigenvalue weighted by atomic mass is 9.90. The van der Waals surface area contributed by atoms with Gasteiger partial charge in [-0.2, -0.15) is 0 Å². The third kappa shape index (κ3) is 4.91. The Hall–Kier alpha value is -0.0500. The van der Waals surface area contributed by atoms with Gasteiger partial charge in [-0.05, 0) is 46.0 Å².